The Kier molecular flexibility index (Phi) is 2.41. The quantitative estimate of drug-likeness (QED) is 0.594. The molecule has 1 saturated heterocycles. The van der Waals surface area contributed by atoms with Crippen LogP contribution in [-0.2, 0) is 18.6 Å². The van der Waals surface area contributed by atoms with Crippen LogP contribution in [0.2, 0.25) is 0 Å². The van der Waals surface area contributed by atoms with Crippen molar-refractivity contribution < 1.29 is 23.5 Å². The normalized spacial score (nSPS) is 55.1. The predicted octanol–water partition coefficient (Wildman–Crippen LogP) is 0.649. The summed E-state index contributed by atoms with van der Waals surface area (Å²) >= 11 is 0. The van der Waals surface area contributed by atoms with Gasteiger partial charge in [0.1, 0.15) is 25.2 Å². The third-order valence-electron chi connectivity index (χ3n) is 4.20. The van der Waals surface area contributed by atoms with Crippen LogP contribution in [0.5, 0.6) is 0 Å². The molecule has 0 amide bonds. The van der Waals surface area contributed by atoms with E-state index in [1.165, 1.54) is 6.66 Å². The van der Waals surface area contributed by atoms with Gasteiger partial charge in [0.25, 0.3) is 0 Å². The van der Waals surface area contributed by atoms with E-state index in [4.69, 9.17) is 21.8 Å². The number of hydrogen-bond acceptors (Lipinski definition) is 4. The van der Waals surface area contributed by atoms with E-state index in [-0.39, 0.29) is 11.7 Å². The largest absolute Gasteiger partial charge is 0.379 e. The minimum atomic E-state index is -3.56. The molecule has 1 heterocycles. The molecule has 2 saturated carbocycles. The van der Waals surface area contributed by atoms with Gasteiger partial charge in [0, 0.05) is 19.8 Å². The van der Waals surface area contributed by atoms with Crippen molar-refractivity contribution in [1.82, 2.24) is 0 Å². The van der Waals surface area contributed by atoms with Crippen molar-refractivity contribution in [1.29, 1.82) is 0 Å². The van der Waals surface area contributed by atoms with Gasteiger partial charge in [0.05, 0.1) is 0 Å². The van der Waals surface area contributed by atoms with Crippen molar-refractivity contribution in [3.8, 4) is 0 Å². The van der Waals surface area contributed by atoms with Crippen molar-refractivity contribution in [3.05, 3.63) is 0 Å². The number of ether oxygens (including phenoxy) is 2. The average Bonchev–Trinajstić information content (AvgIpc) is 2.66. The maximum absolute atomic E-state index is 11.5. The Hall–Kier alpha value is 0.135. The average molecular weight is 258 g/mol. The predicted molar refractivity (Wildman–Crippen MR) is 61.1 cm³/mol. The summed E-state index contributed by atoms with van der Waals surface area (Å²) in [6.07, 6.45) is 1.75. The molecule has 3 rings (SSSR count). The van der Waals surface area contributed by atoms with E-state index < -0.39 is 19.2 Å². The van der Waals surface area contributed by atoms with Crippen LogP contribution in [-0.4, -0.2) is 49.8 Å². The van der Waals surface area contributed by atoms with Gasteiger partial charge >= 0.3 is 7.60 Å². The van der Waals surface area contributed by atoms with E-state index in [0.29, 0.717) is 18.8 Å². The minimum Gasteiger partial charge on any atom is -0.379 e. The Morgan fingerprint density at radius 2 is 2.18 bits per heavy atom. The second-order valence-electron chi connectivity index (χ2n) is 5.48. The second kappa shape index (κ2) is 3.37. The highest BCUT2D eigenvalue weighted by Gasteiger charge is 2.77. The van der Waals surface area contributed by atoms with E-state index in [9.17, 15) is 9.46 Å². The summed E-state index contributed by atoms with van der Waals surface area (Å²) in [5.74, 6) is 0.358. The van der Waals surface area contributed by atoms with Crippen LogP contribution in [0.4, 0.5) is 0 Å². The molecule has 0 spiro atoms. The number of fused-ring (bicyclic) bond motifs is 3. The zero-order chi connectivity index (χ0) is 12.5. The molecule has 5 nitrogen and oxygen atoms in total. The molecule has 3 aliphatic rings. The Labute approximate surface area is 102 Å². The topological polar surface area (TPSA) is 65.0 Å². The number of methoxy groups -OCH3 is 1. The maximum atomic E-state index is 11.5. The third kappa shape index (κ3) is 1.65. The van der Waals surface area contributed by atoms with Crippen LogP contribution in [0.1, 0.15) is 19.3 Å². The zero-order valence-corrected chi connectivity index (χ0v) is 10.9. The number of hydrogen-bond donors (Lipinski definition) is 1. The van der Waals surface area contributed by atoms with E-state index in [2.05, 4.69) is 0 Å². The van der Waals surface area contributed by atoms with Crippen LogP contribution in [0, 0.1) is 5.92 Å². The monoisotopic (exact) mass is 258 g/mol. The first-order valence-corrected chi connectivity index (χ1v) is 7.81. The van der Waals surface area contributed by atoms with Gasteiger partial charge in [-0.3, -0.25) is 9.09 Å². The van der Waals surface area contributed by atoms with Gasteiger partial charge in [-0.05, 0) is 25.2 Å². The lowest BCUT2D eigenvalue weighted by atomic mass is 9.86. The molecular formula is C10H16BO5P. The second-order valence-corrected chi connectivity index (χ2v) is 7.27. The summed E-state index contributed by atoms with van der Waals surface area (Å²) in [7, 11) is 3.88. The molecule has 2 aliphatic carbocycles. The lowest BCUT2D eigenvalue weighted by molar-refractivity contribution is -0.0939. The van der Waals surface area contributed by atoms with Crippen molar-refractivity contribution in [3.63, 3.8) is 0 Å². The summed E-state index contributed by atoms with van der Waals surface area (Å²) in [6, 6.07) is -0.444. The molecule has 7 heteroatoms. The SMILES string of the molecule is [B][C@H]1CC2(OP(C)(=O)O)CC3C[C@]3(OC)C2O1. The van der Waals surface area contributed by atoms with Crippen molar-refractivity contribution >= 4 is 15.4 Å². The third-order valence-corrected chi connectivity index (χ3v) is 4.90. The lowest BCUT2D eigenvalue weighted by Gasteiger charge is -2.33. The van der Waals surface area contributed by atoms with Crippen molar-refractivity contribution in [2.45, 2.75) is 42.6 Å². The van der Waals surface area contributed by atoms with Gasteiger partial charge in [-0.15, -0.1) is 0 Å². The molecule has 94 valence electrons. The van der Waals surface area contributed by atoms with Gasteiger partial charge in [0.2, 0.25) is 0 Å². The first kappa shape index (κ1) is 12.2. The summed E-state index contributed by atoms with van der Waals surface area (Å²) in [4.78, 5) is 9.46. The van der Waals surface area contributed by atoms with Crippen molar-refractivity contribution in [2.24, 2.45) is 5.92 Å². The molecule has 4 unspecified atom stereocenters. The maximum Gasteiger partial charge on any atom is 0.325 e. The molecule has 1 aliphatic heterocycles. The first-order valence-electron chi connectivity index (χ1n) is 5.79. The molecule has 2 radical (unpaired) electrons. The highest BCUT2D eigenvalue weighted by atomic mass is 31.2. The van der Waals surface area contributed by atoms with E-state index in [1.54, 1.807) is 7.11 Å². The van der Waals surface area contributed by atoms with Gasteiger partial charge in [-0.1, -0.05) is 0 Å². The fourth-order valence-electron chi connectivity index (χ4n) is 3.67. The number of rotatable bonds is 3. The van der Waals surface area contributed by atoms with Crippen molar-refractivity contribution in [2.75, 3.05) is 13.8 Å². The molecule has 0 aromatic carbocycles. The van der Waals surface area contributed by atoms with Crippen LogP contribution in [0.25, 0.3) is 0 Å². The van der Waals surface area contributed by atoms with Gasteiger partial charge in [0.15, 0.2) is 0 Å². The minimum absolute atomic E-state index is 0.319. The van der Waals surface area contributed by atoms with E-state index in [1.807, 2.05) is 0 Å². The smallest absolute Gasteiger partial charge is 0.325 e. The van der Waals surface area contributed by atoms with E-state index >= 15 is 0 Å². The first-order chi connectivity index (χ1) is 7.81. The van der Waals surface area contributed by atoms with Crippen LogP contribution >= 0.6 is 7.60 Å². The molecule has 0 aromatic rings. The fourth-order valence-corrected chi connectivity index (χ4v) is 4.59. The summed E-state index contributed by atoms with van der Waals surface area (Å²) in [5, 5.41) is 0. The zero-order valence-electron chi connectivity index (χ0n) is 9.96. The highest BCUT2D eigenvalue weighted by molar-refractivity contribution is 7.51. The van der Waals surface area contributed by atoms with Crippen LogP contribution in [0.3, 0.4) is 0 Å². The molecule has 0 aromatic heterocycles. The molecule has 17 heavy (non-hydrogen) atoms. The molecule has 6 atom stereocenters. The van der Waals surface area contributed by atoms with E-state index in [0.717, 1.165) is 6.42 Å². The molecular weight excluding hydrogens is 242 g/mol. The lowest BCUT2D eigenvalue weighted by Crippen LogP contribution is -2.44. The Morgan fingerprint density at radius 3 is 2.76 bits per heavy atom. The fraction of sp³-hybridized carbons (Fsp3) is 1.00. The van der Waals surface area contributed by atoms with Gasteiger partial charge in [-0.25, -0.2) is 0 Å². The molecule has 3 fully saturated rings. The summed E-state index contributed by atoms with van der Waals surface area (Å²) in [6.45, 7) is 1.20. The van der Waals surface area contributed by atoms with Gasteiger partial charge in [-0.2, -0.15) is 0 Å². The Balaban J connectivity index is 1.91. The Bertz CT molecular complexity index is 394. The summed E-state index contributed by atoms with van der Waals surface area (Å²) < 4.78 is 28.2. The standard InChI is InChI=1S/C10H16BO5P/c1-14-10-4-6(10)3-9(16-17(2,12)13)5-7(11)15-8(9)10/h6-8H,3-5H2,1-2H3,(H,12,13)/t6?,7-,8?,9?,10-/m1/s1. The van der Waals surface area contributed by atoms with Crippen LogP contribution in [0.15, 0.2) is 0 Å². The highest BCUT2D eigenvalue weighted by Crippen LogP contribution is 2.69. The summed E-state index contributed by atoms with van der Waals surface area (Å²) in [5.41, 5.74) is -1.08. The molecule has 0 bridgehead atoms. The van der Waals surface area contributed by atoms with Gasteiger partial charge < -0.3 is 14.4 Å². The van der Waals surface area contributed by atoms with Crippen LogP contribution < -0.4 is 0 Å². The Morgan fingerprint density at radius 1 is 1.47 bits per heavy atom. The molecule has 1 N–H and O–H groups in total.